The number of ether oxygens (including phenoxy) is 2. The maximum absolute atomic E-state index is 12.7. The summed E-state index contributed by atoms with van der Waals surface area (Å²) in [6.45, 7) is 6.56. The monoisotopic (exact) mass is 497 g/mol. The molecule has 0 fully saturated rings. The maximum Gasteiger partial charge on any atom is 0.251 e. The van der Waals surface area contributed by atoms with Crippen molar-refractivity contribution < 1.29 is 18.8 Å². The number of nitrogens with one attached hydrogen (secondary N) is 1. The van der Waals surface area contributed by atoms with Crippen molar-refractivity contribution in [1.82, 2.24) is 5.32 Å². The summed E-state index contributed by atoms with van der Waals surface area (Å²) in [6, 6.07) is 9.45. The number of aryl methyl sites for hydroxylation is 1. The van der Waals surface area contributed by atoms with Crippen molar-refractivity contribution in [3.63, 3.8) is 0 Å². The molecule has 2 rings (SSSR count). The zero-order chi connectivity index (χ0) is 25.8. The van der Waals surface area contributed by atoms with Gasteiger partial charge in [-0.3, -0.25) is 4.79 Å². The van der Waals surface area contributed by atoms with Crippen LogP contribution in [0.4, 0.5) is 0 Å². The van der Waals surface area contributed by atoms with Crippen LogP contribution in [-0.4, -0.2) is 19.6 Å². The first-order chi connectivity index (χ1) is 17.7. The van der Waals surface area contributed by atoms with Gasteiger partial charge in [0.25, 0.3) is 5.91 Å². The Kier molecular flexibility index (Phi) is 15.4. The number of hydrogen-bond acceptors (Lipinski definition) is 3. The van der Waals surface area contributed by atoms with Crippen LogP contribution in [0.15, 0.2) is 42.7 Å². The van der Waals surface area contributed by atoms with Gasteiger partial charge >= 0.3 is 0 Å². The molecule has 0 saturated carbocycles. The van der Waals surface area contributed by atoms with Crippen LogP contribution in [0, 0.1) is 0 Å². The molecular formula is C31H49N2O3+. The highest BCUT2D eigenvalue weighted by Crippen LogP contribution is 2.28. The highest BCUT2D eigenvalue weighted by molar-refractivity contribution is 5.94. The topological polar surface area (TPSA) is 51.4 Å². The minimum absolute atomic E-state index is 0.119. The molecule has 1 aromatic heterocycles. The SMILES string of the molecule is CCCCCCCCCCCCCCOc1ccc(C(=O)NCc2ccc[n+](CCC)c2)cc1OC. The third-order valence-electron chi connectivity index (χ3n) is 6.54. The highest BCUT2D eigenvalue weighted by atomic mass is 16.5. The molecule has 5 nitrogen and oxygen atoms in total. The number of carbonyl (C=O) groups is 1. The molecule has 0 spiro atoms. The molecule has 36 heavy (non-hydrogen) atoms. The van der Waals surface area contributed by atoms with Gasteiger partial charge in [0.05, 0.1) is 13.7 Å². The first-order valence-corrected chi connectivity index (χ1v) is 14.2. The molecule has 0 aliphatic carbocycles. The molecule has 0 saturated heterocycles. The predicted octanol–water partition coefficient (Wildman–Crippen LogP) is 7.40. The minimum Gasteiger partial charge on any atom is -0.493 e. The van der Waals surface area contributed by atoms with Crippen LogP contribution in [0.25, 0.3) is 0 Å². The third kappa shape index (κ3) is 11.9. The van der Waals surface area contributed by atoms with Crippen molar-refractivity contribution in [2.45, 2.75) is 110 Å². The van der Waals surface area contributed by atoms with E-state index >= 15 is 0 Å². The fourth-order valence-corrected chi connectivity index (χ4v) is 4.42. The van der Waals surface area contributed by atoms with Crippen molar-refractivity contribution in [2.24, 2.45) is 0 Å². The van der Waals surface area contributed by atoms with Crippen LogP contribution in [0.3, 0.4) is 0 Å². The second-order valence-corrected chi connectivity index (χ2v) is 9.74. The molecule has 0 unspecified atom stereocenters. The number of amides is 1. The van der Waals surface area contributed by atoms with Gasteiger partial charge in [0.15, 0.2) is 23.9 Å². The van der Waals surface area contributed by atoms with E-state index in [4.69, 9.17) is 9.47 Å². The number of methoxy groups -OCH3 is 1. The number of carbonyl (C=O) groups excluding carboxylic acids is 1. The van der Waals surface area contributed by atoms with E-state index in [1.165, 1.54) is 70.6 Å². The molecule has 1 N–H and O–H groups in total. The Bertz CT molecular complexity index is 869. The standard InChI is InChI=1S/C31H48N2O3/c1-4-6-7-8-9-10-11-12-13-14-15-16-23-36-29-20-19-28(24-30(29)35-3)31(34)32-25-27-18-17-22-33(26-27)21-5-2/h17-20,22,24,26H,4-16,21,23,25H2,1-3H3/p+1. The normalized spacial score (nSPS) is 10.9. The molecular weight excluding hydrogens is 448 g/mol. The van der Waals surface area contributed by atoms with Crippen LogP contribution in [-0.2, 0) is 13.1 Å². The Hall–Kier alpha value is -2.56. The zero-order valence-electron chi connectivity index (χ0n) is 23.0. The summed E-state index contributed by atoms with van der Waals surface area (Å²) < 4.78 is 13.6. The highest BCUT2D eigenvalue weighted by Gasteiger charge is 2.12. The van der Waals surface area contributed by atoms with Gasteiger partial charge in [-0.2, -0.15) is 0 Å². The van der Waals surface area contributed by atoms with Gasteiger partial charge in [-0.05, 0) is 30.7 Å². The van der Waals surface area contributed by atoms with Gasteiger partial charge in [0.2, 0.25) is 0 Å². The van der Waals surface area contributed by atoms with E-state index in [1.807, 2.05) is 18.2 Å². The van der Waals surface area contributed by atoms with Crippen LogP contribution < -0.4 is 19.4 Å². The van der Waals surface area contributed by atoms with E-state index in [-0.39, 0.29) is 5.91 Å². The van der Waals surface area contributed by atoms with Gasteiger partial charge in [0, 0.05) is 30.2 Å². The Labute approximate surface area is 219 Å². The van der Waals surface area contributed by atoms with Crippen molar-refractivity contribution in [2.75, 3.05) is 13.7 Å². The average molecular weight is 498 g/mol. The fraction of sp³-hybridized carbons (Fsp3) is 0.613. The lowest BCUT2D eigenvalue weighted by molar-refractivity contribution is -0.697. The molecule has 0 bridgehead atoms. The van der Waals surface area contributed by atoms with E-state index in [0.29, 0.717) is 30.2 Å². The predicted molar refractivity (Wildman–Crippen MR) is 148 cm³/mol. The van der Waals surface area contributed by atoms with Gasteiger partial charge in [-0.15, -0.1) is 0 Å². The summed E-state index contributed by atoms with van der Waals surface area (Å²) >= 11 is 0. The molecule has 0 aliphatic rings. The van der Waals surface area contributed by atoms with Crippen molar-refractivity contribution in [3.8, 4) is 11.5 Å². The number of hydrogen-bond donors (Lipinski definition) is 1. The molecule has 5 heteroatoms. The van der Waals surface area contributed by atoms with E-state index in [0.717, 1.165) is 24.9 Å². The van der Waals surface area contributed by atoms with E-state index in [9.17, 15) is 4.79 Å². The van der Waals surface area contributed by atoms with Crippen LogP contribution in [0.1, 0.15) is 113 Å². The largest absolute Gasteiger partial charge is 0.493 e. The summed E-state index contributed by atoms with van der Waals surface area (Å²) in [7, 11) is 1.62. The lowest BCUT2D eigenvalue weighted by atomic mass is 10.1. The third-order valence-corrected chi connectivity index (χ3v) is 6.54. The van der Waals surface area contributed by atoms with E-state index in [2.05, 4.69) is 36.1 Å². The summed E-state index contributed by atoms with van der Waals surface area (Å²) in [5, 5.41) is 3.00. The molecule has 200 valence electrons. The lowest BCUT2D eigenvalue weighted by Gasteiger charge is -2.12. The van der Waals surface area contributed by atoms with Gasteiger partial charge < -0.3 is 14.8 Å². The van der Waals surface area contributed by atoms with Crippen LogP contribution in [0.5, 0.6) is 11.5 Å². The summed E-state index contributed by atoms with van der Waals surface area (Å²) in [4.78, 5) is 12.7. The summed E-state index contributed by atoms with van der Waals surface area (Å²) in [5.41, 5.74) is 1.65. The Morgan fingerprint density at radius 3 is 2.14 bits per heavy atom. The van der Waals surface area contributed by atoms with E-state index in [1.54, 1.807) is 19.2 Å². The smallest absolute Gasteiger partial charge is 0.251 e. The molecule has 1 heterocycles. The summed E-state index contributed by atoms with van der Waals surface area (Å²) in [5.74, 6) is 1.18. The second kappa shape index (κ2) is 18.7. The number of unbranched alkanes of at least 4 members (excludes halogenated alkanes) is 11. The summed E-state index contributed by atoms with van der Waals surface area (Å²) in [6.07, 6.45) is 21.1. The Balaban J connectivity index is 1.64. The number of benzene rings is 1. The van der Waals surface area contributed by atoms with Gasteiger partial charge in [-0.1, -0.05) is 84.5 Å². The molecule has 1 aromatic carbocycles. The number of aromatic nitrogens is 1. The van der Waals surface area contributed by atoms with Crippen LogP contribution >= 0.6 is 0 Å². The maximum atomic E-state index is 12.7. The number of pyridine rings is 1. The Morgan fingerprint density at radius 2 is 1.50 bits per heavy atom. The van der Waals surface area contributed by atoms with Gasteiger partial charge in [0.1, 0.15) is 6.54 Å². The zero-order valence-corrected chi connectivity index (χ0v) is 23.0. The quantitative estimate of drug-likeness (QED) is 0.153. The van der Waals surface area contributed by atoms with Crippen molar-refractivity contribution in [1.29, 1.82) is 0 Å². The minimum atomic E-state index is -0.119. The molecule has 0 radical (unpaired) electrons. The van der Waals surface area contributed by atoms with Crippen molar-refractivity contribution >= 4 is 5.91 Å². The van der Waals surface area contributed by atoms with E-state index < -0.39 is 0 Å². The average Bonchev–Trinajstić information content (AvgIpc) is 2.90. The van der Waals surface area contributed by atoms with Crippen LogP contribution in [0.2, 0.25) is 0 Å². The number of nitrogens with zero attached hydrogens (tertiary/aromatic N) is 1. The fourth-order valence-electron chi connectivity index (χ4n) is 4.42. The molecule has 2 aromatic rings. The first kappa shape index (κ1) is 29.7. The number of rotatable bonds is 20. The Morgan fingerprint density at radius 1 is 0.833 bits per heavy atom. The molecule has 1 amide bonds. The second-order valence-electron chi connectivity index (χ2n) is 9.74. The van der Waals surface area contributed by atoms with Gasteiger partial charge in [-0.25, -0.2) is 4.57 Å². The first-order valence-electron chi connectivity index (χ1n) is 14.2. The molecule has 0 atom stereocenters. The lowest BCUT2D eigenvalue weighted by Crippen LogP contribution is -2.33. The van der Waals surface area contributed by atoms with Crippen molar-refractivity contribution in [3.05, 3.63) is 53.9 Å². The molecule has 0 aliphatic heterocycles.